The number of hydrogen-bond donors (Lipinski definition) is 0. The molecule has 0 spiro atoms. The van der Waals surface area contributed by atoms with Crippen molar-refractivity contribution < 1.29 is 4.74 Å². The first-order chi connectivity index (χ1) is 9.76. The molecule has 1 aliphatic rings. The molecule has 3 heteroatoms. The predicted octanol–water partition coefficient (Wildman–Crippen LogP) is 4.93. The van der Waals surface area contributed by atoms with Gasteiger partial charge in [0.1, 0.15) is 6.10 Å². The van der Waals surface area contributed by atoms with Gasteiger partial charge in [-0.1, -0.05) is 25.1 Å². The van der Waals surface area contributed by atoms with E-state index >= 15 is 0 Å². The maximum Gasteiger partial charge on any atom is 0.221 e. The maximum absolute atomic E-state index is 6.19. The first kappa shape index (κ1) is 13.7. The monoisotopic (exact) mass is 289 g/mol. The Morgan fingerprint density at radius 1 is 1.20 bits per heavy atom. The van der Waals surface area contributed by atoms with Crippen molar-refractivity contribution in [2.45, 2.75) is 44.6 Å². The zero-order valence-corrected chi connectivity index (χ0v) is 12.6. The molecule has 1 aromatic carbocycles. The number of fused-ring (bicyclic) bond motifs is 1. The summed E-state index contributed by atoms with van der Waals surface area (Å²) in [5.41, 5.74) is 0.879. The van der Waals surface area contributed by atoms with Gasteiger partial charge in [-0.2, -0.15) is 0 Å². The van der Waals surface area contributed by atoms with E-state index in [-0.39, 0.29) is 0 Å². The fourth-order valence-electron chi connectivity index (χ4n) is 2.88. The summed E-state index contributed by atoms with van der Waals surface area (Å²) in [5, 5.41) is 2.23. The lowest BCUT2D eigenvalue weighted by molar-refractivity contribution is 0.132. The SMILES string of the molecule is CC1CCC(Oc2nc(CCl)cc3ccccc23)CC1. The van der Waals surface area contributed by atoms with Crippen LogP contribution in [0.5, 0.6) is 5.88 Å². The number of halogens is 1. The first-order valence-corrected chi connectivity index (χ1v) is 7.91. The van der Waals surface area contributed by atoms with E-state index in [0.29, 0.717) is 12.0 Å². The Hall–Kier alpha value is -1.28. The van der Waals surface area contributed by atoms with Crippen molar-refractivity contribution in [3.05, 3.63) is 36.0 Å². The van der Waals surface area contributed by atoms with Crippen LogP contribution in [0.4, 0.5) is 0 Å². The fraction of sp³-hybridized carbons (Fsp3) is 0.471. The Morgan fingerprint density at radius 2 is 1.95 bits per heavy atom. The summed E-state index contributed by atoms with van der Waals surface area (Å²) in [4.78, 5) is 4.58. The van der Waals surface area contributed by atoms with Gasteiger partial charge in [0.15, 0.2) is 0 Å². The number of pyridine rings is 1. The largest absolute Gasteiger partial charge is 0.474 e. The second-order valence-corrected chi connectivity index (χ2v) is 6.04. The molecule has 20 heavy (non-hydrogen) atoms. The summed E-state index contributed by atoms with van der Waals surface area (Å²) < 4.78 is 6.19. The van der Waals surface area contributed by atoms with Crippen molar-refractivity contribution in [2.75, 3.05) is 0 Å². The van der Waals surface area contributed by atoms with Crippen LogP contribution >= 0.6 is 11.6 Å². The normalized spacial score (nSPS) is 22.9. The van der Waals surface area contributed by atoms with Gasteiger partial charge < -0.3 is 4.74 Å². The molecule has 2 nitrogen and oxygen atoms in total. The lowest BCUT2D eigenvalue weighted by Gasteiger charge is -2.27. The Labute approximate surface area is 125 Å². The van der Waals surface area contributed by atoms with E-state index < -0.39 is 0 Å². The van der Waals surface area contributed by atoms with Crippen LogP contribution < -0.4 is 4.74 Å². The highest BCUT2D eigenvalue weighted by Crippen LogP contribution is 2.30. The molecule has 1 heterocycles. The van der Waals surface area contributed by atoms with Gasteiger partial charge in [-0.05, 0) is 49.1 Å². The number of alkyl halides is 1. The van der Waals surface area contributed by atoms with Gasteiger partial charge in [-0.25, -0.2) is 4.98 Å². The number of rotatable bonds is 3. The second-order valence-electron chi connectivity index (χ2n) is 5.77. The summed E-state index contributed by atoms with van der Waals surface area (Å²) in [7, 11) is 0. The highest BCUT2D eigenvalue weighted by Gasteiger charge is 2.21. The summed E-state index contributed by atoms with van der Waals surface area (Å²) in [5.74, 6) is 2.00. The quantitative estimate of drug-likeness (QED) is 0.747. The Kier molecular flexibility index (Phi) is 4.11. The lowest BCUT2D eigenvalue weighted by atomic mass is 9.89. The van der Waals surface area contributed by atoms with Gasteiger partial charge in [0.2, 0.25) is 5.88 Å². The third-order valence-electron chi connectivity index (χ3n) is 4.14. The smallest absolute Gasteiger partial charge is 0.221 e. The van der Waals surface area contributed by atoms with Crippen molar-refractivity contribution in [3.63, 3.8) is 0 Å². The van der Waals surface area contributed by atoms with E-state index in [1.807, 2.05) is 18.2 Å². The van der Waals surface area contributed by atoms with Gasteiger partial charge in [-0.3, -0.25) is 0 Å². The molecule has 2 aromatic rings. The van der Waals surface area contributed by atoms with Crippen LogP contribution in [0.3, 0.4) is 0 Å². The Morgan fingerprint density at radius 3 is 2.70 bits per heavy atom. The molecule has 0 radical (unpaired) electrons. The van der Waals surface area contributed by atoms with Crippen molar-refractivity contribution in [1.82, 2.24) is 4.98 Å². The standard InChI is InChI=1S/C17H20ClNO/c1-12-6-8-15(9-7-12)20-17-16-5-3-2-4-13(16)10-14(11-18)19-17/h2-5,10,12,15H,6-9,11H2,1H3. The number of benzene rings is 1. The summed E-state index contributed by atoms with van der Waals surface area (Å²) in [6.07, 6.45) is 5.05. The average Bonchev–Trinajstić information content (AvgIpc) is 2.49. The third kappa shape index (κ3) is 2.90. The minimum Gasteiger partial charge on any atom is -0.474 e. The van der Waals surface area contributed by atoms with E-state index in [0.717, 1.165) is 41.1 Å². The molecule has 0 unspecified atom stereocenters. The van der Waals surface area contributed by atoms with E-state index in [2.05, 4.69) is 24.0 Å². The number of ether oxygens (including phenoxy) is 1. The molecule has 0 atom stereocenters. The van der Waals surface area contributed by atoms with Crippen LogP contribution in [-0.2, 0) is 5.88 Å². The maximum atomic E-state index is 6.19. The van der Waals surface area contributed by atoms with Gasteiger partial charge >= 0.3 is 0 Å². The van der Waals surface area contributed by atoms with Crippen molar-refractivity contribution in [3.8, 4) is 5.88 Å². The van der Waals surface area contributed by atoms with Gasteiger partial charge in [0.25, 0.3) is 0 Å². The number of nitrogens with zero attached hydrogens (tertiary/aromatic N) is 1. The van der Waals surface area contributed by atoms with Gasteiger partial charge in [0.05, 0.1) is 11.6 Å². The average molecular weight is 290 g/mol. The highest BCUT2D eigenvalue weighted by molar-refractivity contribution is 6.17. The number of aromatic nitrogens is 1. The molecule has 106 valence electrons. The van der Waals surface area contributed by atoms with Gasteiger partial charge in [0, 0.05) is 5.39 Å². The molecular weight excluding hydrogens is 270 g/mol. The molecule has 0 amide bonds. The Balaban J connectivity index is 1.89. The van der Waals surface area contributed by atoms with Crippen LogP contribution in [0.1, 0.15) is 38.3 Å². The lowest BCUT2D eigenvalue weighted by Crippen LogP contribution is -2.23. The van der Waals surface area contributed by atoms with Crippen molar-refractivity contribution in [1.29, 1.82) is 0 Å². The van der Waals surface area contributed by atoms with Crippen LogP contribution in [0, 0.1) is 5.92 Å². The van der Waals surface area contributed by atoms with Crippen LogP contribution in [0.25, 0.3) is 10.8 Å². The molecule has 0 N–H and O–H groups in total. The second kappa shape index (κ2) is 6.01. The summed E-state index contributed by atoms with van der Waals surface area (Å²) in [6.45, 7) is 2.32. The molecule has 3 rings (SSSR count). The summed E-state index contributed by atoms with van der Waals surface area (Å²) in [6, 6.07) is 10.3. The molecular formula is C17H20ClNO. The molecule has 0 bridgehead atoms. The van der Waals surface area contributed by atoms with Crippen LogP contribution in [0.15, 0.2) is 30.3 Å². The topological polar surface area (TPSA) is 22.1 Å². The van der Waals surface area contributed by atoms with Crippen LogP contribution in [-0.4, -0.2) is 11.1 Å². The van der Waals surface area contributed by atoms with E-state index in [9.17, 15) is 0 Å². The summed E-state index contributed by atoms with van der Waals surface area (Å²) >= 11 is 5.94. The van der Waals surface area contributed by atoms with E-state index in [1.54, 1.807) is 0 Å². The van der Waals surface area contributed by atoms with Crippen molar-refractivity contribution >= 4 is 22.4 Å². The molecule has 0 saturated heterocycles. The number of hydrogen-bond acceptors (Lipinski definition) is 2. The van der Waals surface area contributed by atoms with E-state index in [1.165, 1.54) is 12.8 Å². The minimum absolute atomic E-state index is 0.299. The molecule has 1 aliphatic carbocycles. The van der Waals surface area contributed by atoms with Gasteiger partial charge in [-0.15, -0.1) is 11.6 Å². The van der Waals surface area contributed by atoms with Crippen LogP contribution in [0.2, 0.25) is 0 Å². The zero-order chi connectivity index (χ0) is 13.9. The molecule has 1 saturated carbocycles. The van der Waals surface area contributed by atoms with E-state index in [4.69, 9.17) is 16.3 Å². The fourth-order valence-corrected chi connectivity index (χ4v) is 3.02. The first-order valence-electron chi connectivity index (χ1n) is 7.37. The van der Waals surface area contributed by atoms with Crippen molar-refractivity contribution in [2.24, 2.45) is 5.92 Å². The molecule has 1 fully saturated rings. The third-order valence-corrected chi connectivity index (χ3v) is 4.41. The highest BCUT2D eigenvalue weighted by atomic mass is 35.5. The minimum atomic E-state index is 0.299. The molecule has 0 aliphatic heterocycles. The zero-order valence-electron chi connectivity index (χ0n) is 11.8. The Bertz CT molecular complexity index is 591. The predicted molar refractivity (Wildman–Crippen MR) is 83.3 cm³/mol. The molecule has 1 aromatic heterocycles.